The molecule has 24 heavy (non-hydrogen) atoms. The van der Waals surface area contributed by atoms with Gasteiger partial charge in [-0.05, 0) is 25.0 Å². The summed E-state index contributed by atoms with van der Waals surface area (Å²) in [5, 5.41) is 15.7. The van der Waals surface area contributed by atoms with E-state index < -0.39 is 5.97 Å². The average Bonchev–Trinajstić information content (AvgIpc) is 3.05. The van der Waals surface area contributed by atoms with Gasteiger partial charge in [-0.3, -0.25) is 0 Å². The van der Waals surface area contributed by atoms with Gasteiger partial charge in [-0.2, -0.15) is 0 Å². The number of nitrogens with zero attached hydrogens (tertiary/aromatic N) is 2. The first-order valence-corrected chi connectivity index (χ1v) is 9.21. The molecule has 2 heterocycles. The number of hydrogen-bond acceptors (Lipinski definition) is 5. The number of thiazole rings is 1. The van der Waals surface area contributed by atoms with Crippen molar-refractivity contribution in [1.82, 2.24) is 10.3 Å². The van der Waals surface area contributed by atoms with Crippen LogP contribution < -0.4 is 10.2 Å². The van der Waals surface area contributed by atoms with Crippen molar-refractivity contribution in [3.05, 3.63) is 35.2 Å². The molecule has 0 bridgehead atoms. The first-order valence-electron chi connectivity index (χ1n) is 8.33. The van der Waals surface area contributed by atoms with E-state index in [4.69, 9.17) is 10.1 Å². The summed E-state index contributed by atoms with van der Waals surface area (Å²) in [6, 6.07) is 8.02. The Labute approximate surface area is 146 Å². The molecule has 6 heteroatoms. The molecule has 1 aromatic carbocycles. The van der Waals surface area contributed by atoms with Crippen LogP contribution in [0.25, 0.3) is 11.3 Å². The van der Waals surface area contributed by atoms with E-state index >= 15 is 0 Å². The van der Waals surface area contributed by atoms with Crippen LogP contribution in [-0.2, 0) is 0 Å². The lowest BCUT2D eigenvalue weighted by Gasteiger charge is -2.33. The zero-order valence-corrected chi connectivity index (χ0v) is 14.8. The quantitative estimate of drug-likeness (QED) is 0.868. The highest BCUT2D eigenvalue weighted by Crippen LogP contribution is 2.29. The summed E-state index contributed by atoms with van der Waals surface area (Å²) in [7, 11) is 0. The Kier molecular flexibility index (Phi) is 5.16. The Morgan fingerprint density at radius 1 is 1.29 bits per heavy atom. The standard InChI is InChI=1S/C18H23N3O2S/c1-12(2)19-15-7-9-21(10-8-15)18-20-16(11-24-18)13-3-5-14(6-4-13)17(22)23/h3-6,11-12,15,19H,7-10H2,1-2H3,(H,22,23). The number of rotatable bonds is 5. The smallest absolute Gasteiger partial charge is 0.335 e. The van der Waals surface area contributed by atoms with Gasteiger partial charge >= 0.3 is 5.97 Å². The fourth-order valence-electron chi connectivity index (χ4n) is 3.03. The predicted octanol–water partition coefficient (Wildman–Crippen LogP) is 3.48. The van der Waals surface area contributed by atoms with Crippen LogP contribution in [0.2, 0.25) is 0 Å². The lowest BCUT2D eigenvalue weighted by atomic mass is 10.0. The van der Waals surface area contributed by atoms with Gasteiger partial charge in [0.1, 0.15) is 0 Å². The van der Waals surface area contributed by atoms with Crippen molar-refractivity contribution in [2.75, 3.05) is 18.0 Å². The number of aromatic nitrogens is 1. The zero-order valence-electron chi connectivity index (χ0n) is 14.0. The molecule has 1 aliphatic rings. The van der Waals surface area contributed by atoms with Crippen LogP contribution in [0.3, 0.4) is 0 Å². The van der Waals surface area contributed by atoms with Crippen molar-refractivity contribution in [3.63, 3.8) is 0 Å². The summed E-state index contributed by atoms with van der Waals surface area (Å²) in [5.41, 5.74) is 2.17. The number of benzene rings is 1. The number of piperidine rings is 1. The van der Waals surface area contributed by atoms with Gasteiger partial charge in [-0.25, -0.2) is 9.78 Å². The molecular weight excluding hydrogens is 322 g/mol. The van der Waals surface area contributed by atoms with E-state index in [1.165, 1.54) is 0 Å². The van der Waals surface area contributed by atoms with E-state index in [0.29, 0.717) is 17.6 Å². The molecule has 5 nitrogen and oxygen atoms in total. The third-order valence-electron chi connectivity index (χ3n) is 4.25. The zero-order chi connectivity index (χ0) is 17.1. The summed E-state index contributed by atoms with van der Waals surface area (Å²) in [6.07, 6.45) is 2.28. The van der Waals surface area contributed by atoms with Crippen molar-refractivity contribution in [3.8, 4) is 11.3 Å². The number of anilines is 1. The van der Waals surface area contributed by atoms with E-state index in [-0.39, 0.29) is 0 Å². The average molecular weight is 345 g/mol. The van der Waals surface area contributed by atoms with E-state index in [0.717, 1.165) is 42.3 Å². The molecule has 3 rings (SSSR count). The minimum Gasteiger partial charge on any atom is -0.478 e. The van der Waals surface area contributed by atoms with Crippen LogP contribution in [0, 0.1) is 0 Å². The summed E-state index contributed by atoms with van der Waals surface area (Å²) in [6.45, 7) is 6.43. The maximum atomic E-state index is 10.9. The fourth-order valence-corrected chi connectivity index (χ4v) is 3.92. The van der Waals surface area contributed by atoms with Gasteiger partial charge in [0.05, 0.1) is 11.3 Å². The Morgan fingerprint density at radius 2 is 1.96 bits per heavy atom. The number of hydrogen-bond donors (Lipinski definition) is 2. The second kappa shape index (κ2) is 7.32. The van der Waals surface area contributed by atoms with Crippen molar-refractivity contribution in [2.24, 2.45) is 0 Å². The fraction of sp³-hybridized carbons (Fsp3) is 0.444. The van der Waals surface area contributed by atoms with Gasteiger partial charge in [0.2, 0.25) is 0 Å². The summed E-state index contributed by atoms with van der Waals surface area (Å²) in [4.78, 5) is 18.0. The Bertz CT molecular complexity index is 689. The second-order valence-electron chi connectivity index (χ2n) is 6.48. The van der Waals surface area contributed by atoms with Crippen molar-refractivity contribution in [2.45, 2.75) is 38.8 Å². The molecule has 0 unspecified atom stereocenters. The van der Waals surface area contributed by atoms with Crippen LogP contribution in [-0.4, -0.2) is 41.2 Å². The van der Waals surface area contributed by atoms with Gasteiger partial charge in [0.15, 0.2) is 5.13 Å². The summed E-state index contributed by atoms with van der Waals surface area (Å²) < 4.78 is 0. The van der Waals surface area contributed by atoms with Crippen LogP contribution in [0.1, 0.15) is 37.0 Å². The molecule has 0 aliphatic carbocycles. The van der Waals surface area contributed by atoms with Crippen molar-refractivity contribution < 1.29 is 9.90 Å². The van der Waals surface area contributed by atoms with Crippen molar-refractivity contribution >= 4 is 22.4 Å². The highest BCUT2D eigenvalue weighted by Gasteiger charge is 2.21. The predicted molar refractivity (Wildman–Crippen MR) is 98.0 cm³/mol. The lowest BCUT2D eigenvalue weighted by molar-refractivity contribution is 0.0697. The van der Waals surface area contributed by atoms with Crippen LogP contribution in [0.5, 0.6) is 0 Å². The number of aromatic carboxylic acids is 1. The highest BCUT2D eigenvalue weighted by molar-refractivity contribution is 7.14. The molecule has 2 N–H and O–H groups in total. The molecule has 1 aromatic heterocycles. The molecule has 1 saturated heterocycles. The van der Waals surface area contributed by atoms with Crippen molar-refractivity contribution in [1.29, 1.82) is 0 Å². The molecule has 0 radical (unpaired) electrons. The molecule has 0 spiro atoms. The Balaban J connectivity index is 1.65. The van der Waals surface area contributed by atoms with E-state index in [1.54, 1.807) is 23.5 Å². The summed E-state index contributed by atoms with van der Waals surface area (Å²) >= 11 is 1.65. The van der Waals surface area contributed by atoms with Crippen LogP contribution >= 0.6 is 11.3 Å². The molecule has 1 fully saturated rings. The van der Waals surface area contributed by atoms with Gasteiger partial charge in [-0.1, -0.05) is 26.0 Å². The molecule has 0 atom stereocenters. The maximum Gasteiger partial charge on any atom is 0.335 e. The van der Waals surface area contributed by atoms with Crippen LogP contribution in [0.15, 0.2) is 29.6 Å². The largest absolute Gasteiger partial charge is 0.478 e. The van der Waals surface area contributed by atoms with Gasteiger partial charge < -0.3 is 15.3 Å². The minimum atomic E-state index is -0.904. The third kappa shape index (κ3) is 3.94. The topological polar surface area (TPSA) is 65.5 Å². The maximum absolute atomic E-state index is 10.9. The van der Waals surface area contributed by atoms with Crippen LogP contribution in [0.4, 0.5) is 5.13 Å². The van der Waals surface area contributed by atoms with E-state index in [2.05, 4.69) is 24.1 Å². The third-order valence-corrected chi connectivity index (χ3v) is 5.16. The Hall–Kier alpha value is -1.92. The molecule has 0 amide bonds. The normalized spacial score (nSPS) is 15.9. The Morgan fingerprint density at radius 3 is 2.54 bits per heavy atom. The lowest BCUT2D eigenvalue weighted by Crippen LogP contribution is -2.44. The molecule has 0 saturated carbocycles. The van der Waals surface area contributed by atoms with Gasteiger partial charge in [0, 0.05) is 36.1 Å². The van der Waals surface area contributed by atoms with E-state index in [1.807, 2.05) is 17.5 Å². The number of nitrogens with one attached hydrogen (secondary N) is 1. The molecule has 128 valence electrons. The first-order chi connectivity index (χ1) is 11.5. The highest BCUT2D eigenvalue weighted by atomic mass is 32.1. The summed E-state index contributed by atoms with van der Waals surface area (Å²) in [5.74, 6) is -0.904. The molecule has 2 aromatic rings. The number of carboxylic acids is 1. The van der Waals surface area contributed by atoms with E-state index in [9.17, 15) is 4.79 Å². The van der Waals surface area contributed by atoms with Gasteiger partial charge in [-0.15, -0.1) is 11.3 Å². The van der Waals surface area contributed by atoms with Gasteiger partial charge in [0.25, 0.3) is 0 Å². The molecular formula is C18H23N3O2S. The first kappa shape index (κ1) is 16.9. The molecule has 1 aliphatic heterocycles. The monoisotopic (exact) mass is 345 g/mol. The SMILES string of the molecule is CC(C)NC1CCN(c2nc(-c3ccc(C(=O)O)cc3)cs2)CC1. The minimum absolute atomic E-state index is 0.300. The number of carboxylic acid groups (broad SMARTS) is 1. The number of carbonyl (C=O) groups is 1. The second-order valence-corrected chi connectivity index (χ2v) is 7.32.